The van der Waals surface area contributed by atoms with Crippen LogP contribution in [0, 0.1) is 0 Å². The smallest absolute Gasteiger partial charge is 0.286 e. The van der Waals surface area contributed by atoms with E-state index in [-0.39, 0.29) is 5.91 Å². The minimum Gasteiger partial charge on any atom is -0.497 e. The first-order valence-electron chi connectivity index (χ1n) is 9.03. The zero-order valence-electron chi connectivity index (χ0n) is 16.0. The number of nitrogens with one attached hydrogen (secondary N) is 1. The van der Waals surface area contributed by atoms with Crippen LogP contribution in [0.3, 0.4) is 0 Å². The van der Waals surface area contributed by atoms with Crippen LogP contribution in [0.15, 0.2) is 53.7 Å². The van der Waals surface area contributed by atoms with Crippen LogP contribution in [-0.4, -0.2) is 32.8 Å². The second-order valence-electron chi connectivity index (χ2n) is 6.10. The van der Waals surface area contributed by atoms with Gasteiger partial charge < -0.3 is 14.6 Å². The van der Waals surface area contributed by atoms with E-state index < -0.39 is 0 Å². The Labute approximate surface area is 176 Å². The first-order valence-corrected chi connectivity index (χ1v) is 10.8. The number of fused-ring (bicyclic) bond motifs is 1. The number of aryl methyl sites for hydroxylation is 1. The lowest BCUT2D eigenvalue weighted by molar-refractivity contribution is 0.102. The molecule has 0 spiro atoms. The third-order valence-electron chi connectivity index (χ3n) is 4.27. The Balaban J connectivity index is 1.42. The second kappa shape index (κ2) is 8.62. The molecule has 0 radical (unpaired) electrons. The van der Waals surface area contributed by atoms with E-state index >= 15 is 0 Å². The Hall–Kier alpha value is -2.91. The predicted octanol–water partition coefficient (Wildman–Crippen LogP) is 4.46. The van der Waals surface area contributed by atoms with Gasteiger partial charge in [-0.2, -0.15) is 0 Å². The van der Waals surface area contributed by atoms with Crippen LogP contribution < -0.4 is 10.1 Å². The number of thioether (sulfide) groups is 1. The highest BCUT2D eigenvalue weighted by molar-refractivity contribution is 7.98. The summed E-state index contributed by atoms with van der Waals surface area (Å²) >= 11 is 2.89. The van der Waals surface area contributed by atoms with Gasteiger partial charge >= 0.3 is 0 Å². The molecule has 4 aromatic rings. The summed E-state index contributed by atoms with van der Waals surface area (Å²) in [5.74, 6) is 1.07. The third-order valence-corrected chi connectivity index (χ3v) is 6.36. The second-order valence-corrected chi connectivity index (χ2v) is 8.10. The Bertz CT molecular complexity index is 1140. The summed E-state index contributed by atoms with van der Waals surface area (Å²) in [6.07, 6.45) is 0. The van der Waals surface area contributed by atoms with Crippen LogP contribution in [0.25, 0.3) is 11.0 Å². The van der Waals surface area contributed by atoms with E-state index in [9.17, 15) is 4.79 Å². The number of methoxy groups -OCH3 is 1. The zero-order valence-corrected chi connectivity index (χ0v) is 17.6. The molecule has 2 aromatic heterocycles. The molecule has 7 nitrogen and oxygen atoms in total. The maximum atomic E-state index is 12.4. The molecule has 0 saturated carbocycles. The maximum Gasteiger partial charge on any atom is 0.286 e. The summed E-state index contributed by atoms with van der Waals surface area (Å²) in [5.41, 5.74) is 2.78. The number of nitrogens with zero attached hydrogens (tertiary/aromatic N) is 4. The van der Waals surface area contributed by atoms with Crippen LogP contribution in [0.4, 0.5) is 5.69 Å². The van der Waals surface area contributed by atoms with Gasteiger partial charge in [0.25, 0.3) is 5.91 Å². The van der Waals surface area contributed by atoms with Crippen molar-refractivity contribution >= 4 is 45.7 Å². The fourth-order valence-corrected chi connectivity index (χ4v) is 4.66. The van der Waals surface area contributed by atoms with Gasteiger partial charge in [-0.3, -0.25) is 4.79 Å². The van der Waals surface area contributed by atoms with Gasteiger partial charge in [0.1, 0.15) is 10.8 Å². The van der Waals surface area contributed by atoms with Gasteiger partial charge in [0.05, 0.1) is 23.9 Å². The molecule has 0 aliphatic heterocycles. The Morgan fingerprint density at radius 3 is 2.72 bits per heavy atom. The normalized spacial score (nSPS) is 11.0. The van der Waals surface area contributed by atoms with Crippen molar-refractivity contribution in [2.24, 2.45) is 0 Å². The summed E-state index contributed by atoms with van der Waals surface area (Å²) in [7, 11) is 1.60. The quantitative estimate of drug-likeness (QED) is 0.440. The molecule has 148 valence electrons. The molecule has 0 unspecified atom stereocenters. The van der Waals surface area contributed by atoms with Crippen molar-refractivity contribution in [3.63, 3.8) is 0 Å². The van der Waals surface area contributed by atoms with Gasteiger partial charge in [-0.25, -0.2) is 4.98 Å². The predicted molar refractivity (Wildman–Crippen MR) is 116 cm³/mol. The SMILES string of the molecule is CCn1c(SCc2nnc(C(=O)Nc3ccc(OC)cc3)s2)nc2ccccc21. The summed E-state index contributed by atoms with van der Waals surface area (Å²) in [4.78, 5) is 17.1. The van der Waals surface area contributed by atoms with E-state index in [1.165, 1.54) is 11.3 Å². The molecule has 0 atom stereocenters. The number of ether oxygens (including phenoxy) is 1. The average Bonchev–Trinajstić information content (AvgIpc) is 3.37. The Morgan fingerprint density at radius 1 is 1.17 bits per heavy atom. The zero-order chi connectivity index (χ0) is 20.2. The van der Waals surface area contributed by atoms with Crippen molar-refractivity contribution < 1.29 is 9.53 Å². The third kappa shape index (κ3) is 4.25. The summed E-state index contributed by atoms with van der Waals surface area (Å²) < 4.78 is 7.30. The molecule has 0 bridgehead atoms. The molecular weight excluding hydrogens is 406 g/mol. The minimum absolute atomic E-state index is 0.273. The number of amides is 1. The average molecular weight is 426 g/mol. The van der Waals surface area contributed by atoms with Crippen LogP contribution in [0.2, 0.25) is 0 Å². The number of benzene rings is 2. The first-order chi connectivity index (χ1) is 14.2. The highest BCUT2D eigenvalue weighted by atomic mass is 32.2. The minimum atomic E-state index is -0.273. The van der Waals surface area contributed by atoms with Crippen molar-refractivity contribution in [3.05, 3.63) is 58.5 Å². The number of imidazole rings is 1. The lowest BCUT2D eigenvalue weighted by Gasteiger charge is -2.04. The maximum absolute atomic E-state index is 12.4. The van der Waals surface area contributed by atoms with Gasteiger partial charge in [0, 0.05) is 12.2 Å². The molecule has 0 aliphatic carbocycles. The van der Waals surface area contributed by atoms with Crippen molar-refractivity contribution in [1.29, 1.82) is 0 Å². The number of carbonyl (C=O) groups excluding carboxylic acids is 1. The first kappa shape index (κ1) is 19.4. The number of hydrogen-bond acceptors (Lipinski definition) is 7. The van der Waals surface area contributed by atoms with Crippen LogP contribution >= 0.6 is 23.1 Å². The molecule has 0 aliphatic rings. The Kier molecular flexibility index (Phi) is 5.77. The molecule has 4 rings (SSSR count). The summed E-state index contributed by atoms with van der Waals surface area (Å²) in [6.45, 7) is 2.94. The van der Waals surface area contributed by atoms with Gasteiger partial charge in [0.2, 0.25) is 5.01 Å². The molecule has 2 heterocycles. The number of para-hydroxylation sites is 2. The molecule has 0 saturated heterocycles. The van der Waals surface area contributed by atoms with E-state index in [1.807, 2.05) is 18.2 Å². The van der Waals surface area contributed by atoms with Gasteiger partial charge in [-0.1, -0.05) is 35.2 Å². The number of rotatable bonds is 7. The lowest BCUT2D eigenvalue weighted by atomic mass is 10.3. The molecule has 0 fully saturated rings. The molecule has 9 heteroatoms. The fraction of sp³-hybridized carbons (Fsp3) is 0.200. The van der Waals surface area contributed by atoms with E-state index in [1.54, 1.807) is 43.1 Å². The van der Waals surface area contributed by atoms with E-state index in [4.69, 9.17) is 9.72 Å². The summed E-state index contributed by atoms with van der Waals surface area (Å²) in [5, 5.41) is 13.1. The van der Waals surface area contributed by atoms with Gasteiger partial charge in [-0.15, -0.1) is 10.2 Å². The number of anilines is 1. The lowest BCUT2D eigenvalue weighted by Crippen LogP contribution is -2.11. The van der Waals surface area contributed by atoms with Gasteiger partial charge in [0.15, 0.2) is 5.16 Å². The number of hydrogen-bond donors (Lipinski definition) is 1. The standard InChI is InChI=1S/C20H19N5O2S2/c1-3-25-16-7-5-4-6-15(16)22-20(25)28-12-17-23-24-19(29-17)18(26)21-13-8-10-14(27-2)11-9-13/h4-11H,3,12H2,1-2H3,(H,21,26). The highest BCUT2D eigenvalue weighted by Gasteiger charge is 2.15. The monoisotopic (exact) mass is 425 g/mol. The van der Waals surface area contributed by atoms with Crippen molar-refractivity contribution in [2.45, 2.75) is 24.4 Å². The van der Waals surface area contributed by atoms with Crippen LogP contribution in [0.1, 0.15) is 21.7 Å². The fourth-order valence-electron chi connectivity index (χ4n) is 2.86. The summed E-state index contributed by atoms with van der Waals surface area (Å²) in [6, 6.07) is 15.2. The van der Waals surface area contributed by atoms with Crippen molar-refractivity contribution in [1.82, 2.24) is 19.7 Å². The van der Waals surface area contributed by atoms with Crippen LogP contribution in [0.5, 0.6) is 5.75 Å². The Morgan fingerprint density at radius 2 is 1.97 bits per heavy atom. The molecule has 1 amide bonds. The van der Waals surface area contributed by atoms with E-state index in [0.717, 1.165) is 33.5 Å². The van der Waals surface area contributed by atoms with E-state index in [2.05, 4.69) is 33.1 Å². The molecule has 29 heavy (non-hydrogen) atoms. The molecule has 1 N–H and O–H groups in total. The highest BCUT2D eigenvalue weighted by Crippen LogP contribution is 2.28. The number of aromatic nitrogens is 4. The number of carbonyl (C=O) groups is 1. The topological polar surface area (TPSA) is 81.9 Å². The van der Waals surface area contributed by atoms with Crippen molar-refractivity contribution in [2.75, 3.05) is 12.4 Å². The van der Waals surface area contributed by atoms with Crippen LogP contribution in [-0.2, 0) is 12.3 Å². The van der Waals surface area contributed by atoms with Crippen molar-refractivity contribution in [3.8, 4) is 5.75 Å². The molecule has 2 aromatic carbocycles. The van der Waals surface area contributed by atoms with Gasteiger partial charge in [-0.05, 0) is 43.3 Å². The molecular formula is C20H19N5O2S2. The van der Waals surface area contributed by atoms with E-state index in [0.29, 0.717) is 16.4 Å². The largest absolute Gasteiger partial charge is 0.497 e.